The standard InChI is InChI=1S/C32H37ClN2O5/c33-24-9-12-26-22(17-24)7-6-14-31(26)20-34-15-4-2-1-3-5-16-35(25-10-11-25)29(36)19-32(39,30(37)38)23-8-13-28(40-21-31)27(34)18-23/h3,5,8-9,12-13,17-18,25,39H,1-2,4,6-7,10-11,14-16,19-21H2,(H,37,38)/b5-3+/t31-,32-/m0/s1. The summed E-state index contributed by atoms with van der Waals surface area (Å²) in [6, 6.07) is 11.4. The monoisotopic (exact) mass is 564 g/mol. The third-order valence-corrected chi connectivity index (χ3v) is 9.34. The number of hydrogen-bond donors (Lipinski definition) is 2. The van der Waals surface area contributed by atoms with E-state index < -0.39 is 18.0 Å². The van der Waals surface area contributed by atoms with Gasteiger partial charge in [0, 0.05) is 36.1 Å². The molecule has 212 valence electrons. The van der Waals surface area contributed by atoms with Crippen molar-refractivity contribution in [2.75, 3.05) is 31.1 Å². The summed E-state index contributed by atoms with van der Waals surface area (Å²) < 4.78 is 6.49. The number of ether oxygens (including phenoxy) is 1. The van der Waals surface area contributed by atoms with Gasteiger partial charge in [0.1, 0.15) is 5.75 Å². The third kappa shape index (κ3) is 5.10. The number of carbonyl (C=O) groups is 2. The lowest BCUT2D eigenvalue weighted by atomic mass is 9.70. The molecule has 1 amide bonds. The highest BCUT2D eigenvalue weighted by Crippen LogP contribution is 2.45. The molecule has 2 aliphatic heterocycles. The zero-order chi connectivity index (χ0) is 27.9. The van der Waals surface area contributed by atoms with E-state index in [0.29, 0.717) is 25.4 Å². The Hall–Kier alpha value is -3.03. The number of carbonyl (C=O) groups excluding carboxylic acids is 1. The molecule has 2 aromatic rings. The van der Waals surface area contributed by atoms with E-state index in [1.807, 2.05) is 12.1 Å². The number of anilines is 1. The van der Waals surface area contributed by atoms with Crippen molar-refractivity contribution in [3.63, 3.8) is 0 Å². The summed E-state index contributed by atoms with van der Waals surface area (Å²) in [6.45, 7) is 2.44. The van der Waals surface area contributed by atoms with Crippen LogP contribution < -0.4 is 9.64 Å². The van der Waals surface area contributed by atoms with Gasteiger partial charge >= 0.3 is 5.97 Å². The van der Waals surface area contributed by atoms with Gasteiger partial charge < -0.3 is 24.7 Å². The van der Waals surface area contributed by atoms with Crippen molar-refractivity contribution in [2.45, 2.75) is 74.8 Å². The Morgan fingerprint density at radius 1 is 1.07 bits per heavy atom. The number of amides is 1. The number of allylic oxidation sites excluding steroid dienone is 1. The van der Waals surface area contributed by atoms with E-state index in [9.17, 15) is 19.8 Å². The summed E-state index contributed by atoms with van der Waals surface area (Å²) in [4.78, 5) is 29.9. The Morgan fingerprint density at radius 2 is 1.93 bits per heavy atom. The van der Waals surface area contributed by atoms with Crippen LogP contribution in [0.3, 0.4) is 0 Å². The first-order chi connectivity index (χ1) is 19.3. The van der Waals surface area contributed by atoms with Crippen molar-refractivity contribution < 1.29 is 24.5 Å². The summed E-state index contributed by atoms with van der Waals surface area (Å²) in [7, 11) is 0. The zero-order valence-corrected chi connectivity index (χ0v) is 23.5. The van der Waals surface area contributed by atoms with Crippen molar-refractivity contribution in [3.05, 3.63) is 70.3 Å². The van der Waals surface area contributed by atoms with E-state index in [0.717, 1.165) is 68.6 Å². The molecule has 2 atom stereocenters. The van der Waals surface area contributed by atoms with Gasteiger partial charge in [-0.1, -0.05) is 35.9 Å². The first-order valence-corrected chi connectivity index (χ1v) is 14.9. The number of carboxylic acid groups (broad SMARTS) is 1. The predicted molar refractivity (Wildman–Crippen MR) is 154 cm³/mol. The average molecular weight is 565 g/mol. The number of aliphatic hydroxyl groups is 1. The van der Waals surface area contributed by atoms with Crippen molar-refractivity contribution >= 4 is 29.2 Å². The van der Waals surface area contributed by atoms with Gasteiger partial charge in [-0.3, -0.25) is 4.79 Å². The Balaban J connectivity index is 1.41. The maximum atomic E-state index is 13.4. The van der Waals surface area contributed by atoms with Crippen molar-refractivity contribution in [1.29, 1.82) is 0 Å². The van der Waals surface area contributed by atoms with E-state index in [1.54, 1.807) is 23.1 Å². The van der Waals surface area contributed by atoms with Crippen LogP contribution in [0.15, 0.2) is 48.6 Å². The molecule has 8 heteroatoms. The van der Waals surface area contributed by atoms with Crippen molar-refractivity contribution in [3.8, 4) is 5.75 Å². The number of aryl methyl sites for hydroxylation is 1. The van der Waals surface area contributed by atoms with Crippen LogP contribution in [0, 0.1) is 0 Å². The molecule has 1 fully saturated rings. The fourth-order valence-electron chi connectivity index (χ4n) is 6.74. The molecular weight excluding hydrogens is 528 g/mol. The molecule has 1 spiro atoms. The van der Waals surface area contributed by atoms with E-state index in [2.05, 4.69) is 23.1 Å². The first-order valence-electron chi connectivity index (χ1n) is 14.5. The highest BCUT2D eigenvalue weighted by Gasteiger charge is 2.45. The molecule has 2 heterocycles. The van der Waals surface area contributed by atoms with Gasteiger partial charge in [0.25, 0.3) is 0 Å². The molecule has 2 aliphatic carbocycles. The van der Waals surface area contributed by atoms with Crippen LogP contribution in [0.2, 0.25) is 5.02 Å². The quantitative estimate of drug-likeness (QED) is 0.487. The molecule has 1 saturated carbocycles. The molecule has 7 nitrogen and oxygen atoms in total. The number of fused-ring (bicyclic) bond motifs is 3. The summed E-state index contributed by atoms with van der Waals surface area (Å²) in [5, 5.41) is 22.5. The number of carboxylic acids is 1. The van der Waals surface area contributed by atoms with Crippen molar-refractivity contribution in [2.24, 2.45) is 0 Å². The minimum absolute atomic E-state index is 0.117. The van der Waals surface area contributed by atoms with Crippen LogP contribution in [0.1, 0.15) is 68.1 Å². The molecular formula is C32H37ClN2O5. The number of aliphatic carboxylic acids is 1. The topological polar surface area (TPSA) is 90.3 Å². The summed E-state index contributed by atoms with van der Waals surface area (Å²) >= 11 is 6.36. The van der Waals surface area contributed by atoms with Gasteiger partial charge in [-0.2, -0.15) is 0 Å². The van der Waals surface area contributed by atoms with Gasteiger partial charge in [-0.15, -0.1) is 0 Å². The fourth-order valence-corrected chi connectivity index (χ4v) is 6.94. The normalized spacial score (nSPS) is 28.1. The maximum Gasteiger partial charge on any atom is 0.340 e. The second-order valence-electron chi connectivity index (χ2n) is 11.9. The molecule has 0 radical (unpaired) electrons. The lowest BCUT2D eigenvalue weighted by Crippen LogP contribution is -2.46. The number of rotatable bonds is 2. The lowest BCUT2D eigenvalue weighted by Gasteiger charge is -2.41. The van der Waals surface area contributed by atoms with Crippen LogP contribution in [-0.4, -0.2) is 59.3 Å². The number of hydrogen-bond acceptors (Lipinski definition) is 5. The number of halogens is 1. The molecule has 2 N–H and O–H groups in total. The molecule has 2 aromatic carbocycles. The molecule has 2 bridgehead atoms. The van der Waals surface area contributed by atoms with Gasteiger partial charge in [0.05, 0.1) is 18.7 Å². The van der Waals surface area contributed by atoms with Crippen LogP contribution in [0.4, 0.5) is 5.69 Å². The second kappa shape index (κ2) is 10.7. The Morgan fingerprint density at radius 3 is 2.73 bits per heavy atom. The molecule has 0 saturated heterocycles. The van der Waals surface area contributed by atoms with Gasteiger partial charge in [-0.25, -0.2) is 4.79 Å². The van der Waals surface area contributed by atoms with Crippen LogP contribution >= 0.6 is 11.6 Å². The molecule has 40 heavy (non-hydrogen) atoms. The fraction of sp³-hybridized carbons (Fsp3) is 0.500. The lowest BCUT2D eigenvalue weighted by molar-refractivity contribution is -0.165. The van der Waals surface area contributed by atoms with E-state index in [4.69, 9.17) is 16.3 Å². The summed E-state index contributed by atoms with van der Waals surface area (Å²) in [6.07, 6.45) is 11.3. The summed E-state index contributed by atoms with van der Waals surface area (Å²) in [5.74, 6) is -1.09. The van der Waals surface area contributed by atoms with Crippen LogP contribution in [-0.2, 0) is 27.0 Å². The first kappa shape index (κ1) is 27.2. The van der Waals surface area contributed by atoms with Crippen molar-refractivity contribution in [1.82, 2.24) is 4.90 Å². The molecule has 0 unspecified atom stereocenters. The zero-order valence-electron chi connectivity index (χ0n) is 22.8. The Labute approximate surface area is 240 Å². The number of benzene rings is 2. The number of nitrogens with zero attached hydrogens (tertiary/aromatic N) is 2. The third-order valence-electron chi connectivity index (χ3n) is 9.10. The van der Waals surface area contributed by atoms with E-state index in [1.165, 1.54) is 11.1 Å². The minimum atomic E-state index is -2.34. The second-order valence-corrected chi connectivity index (χ2v) is 12.4. The smallest absolute Gasteiger partial charge is 0.340 e. The molecule has 4 aliphatic rings. The average Bonchev–Trinajstić information content (AvgIpc) is 3.78. The van der Waals surface area contributed by atoms with Gasteiger partial charge in [0.2, 0.25) is 5.91 Å². The highest BCUT2D eigenvalue weighted by atomic mass is 35.5. The molecule has 0 aromatic heterocycles. The highest BCUT2D eigenvalue weighted by molar-refractivity contribution is 6.30. The molecule has 6 rings (SSSR count). The Bertz CT molecular complexity index is 1340. The van der Waals surface area contributed by atoms with Crippen LogP contribution in [0.5, 0.6) is 5.75 Å². The SMILES string of the molecule is O=C1C[C@@](O)(C(=O)O)c2ccc3c(c2)N(CCCC/C=C/CN1C1CC1)C[C@@]1(CCCc2cc(Cl)ccc21)CO3. The van der Waals surface area contributed by atoms with E-state index >= 15 is 0 Å². The maximum absolute atomic E-state index is 13.4. The Kier molecular flexibility index (Phi) is 7.30. The largest absolute Gasteiger partial charge is 0.490 e. The van der Waals surface area contributed by atoms with Crippen LogP contribution in [0.25, 0.3) is 0 Å². The van der Waals surface area contributed by atoms with Gasteiger partial charge in [-0.05, 0) is 92.3 Å². The van der Waals surface area contributed by atoms with E-state index in [-0.39, 0.29) is 22.9 Å². The summed E-state index contributed by atoms with van der Waals surface area (Å²) in [5.41, 5.74) is 0.928. The van der Waals surface area contributed by atoms with Gasteiger partial charge in [0.15, 0.2) is 5.60 Å². The predicted octanol–water partition coefficient (Wildman–Crippen LogP) is 5.21. The minimum Gasteiger partial charge on any atom is -0.490 e.